The number of rotatable bonds is 11. The number of carbonyl (C=O) groups is 2. The van der Waals surface area contributed by atoms with Crippen molar-refractivity contribution < 1.29 is 31.2 Å². The molecule has 3 aromatic rings. The lowest BCUT2D eigenvalue weighted by Crippen LogP contribution is -2.54. The first-order valence-corrected chi connectivity index (χ1v) is 16.7. The van der Waals surface area contributed by atoms with Crippen LogP contribution in [0.15, 0.2) is 77.7 Å². The molecule has 0 bridgehead atoms. The van der Waals surface area contributed by atoms with E-state index in [1.807, 2.05) is 31.2 Å². The van der Waals surface area contributed by atoms with Gasteiger partial charge in [0.25, 0.3) is 10.0 Å². The number of amides is 2. The number of benzene rings is 3. The molecule has 1 fully saturated rings. The second kappa shape index (κ2) is 14.5. The van der Waals surface area contributed by atoms with Crippen molar-refractivity contribution in [2.24, 2.45) is 0 Å². The SMILES string of the molecule is CC[C@@H](C(=O)NC1CCCCC1)N(Cc1ccc(C)cc1)C(=O)CN(c1cccc(C(F)(F)F)c1)S(=O)(=O)c1ccc(C)cc1. The van der Waals surface area contributed by atoms with Crippen molar-refractivity contribution in [2.75, 3.05) is 10.8 Å². The summed E-state index contributed by atoms with van der Waals surface area (Å²) >= 11 is 0. The van der Waals surface area contributed by atoms with E-state index in [0.717, 1.165) is 67.0 Å². The molecule has 1 atom stereocenters. The number of halogens is 3. The number of hydrogen-bond acceptors (Lipinski definition) is 4. The molecular formula is C34H40F3N3O4S. The standard InChI is InChI=1S/C34H40F3N3O4S/c1-4-31(33(42)38-28-10-6-5-7-11-28)39(22-26-17-13-24(2)14-18-26)32(41)23-40(29-12-8-9-27(21-29)34(35,36)37)45(43,44)30-19-15-25(3)16-20-30/h8-9,12-21,28,31H,4-7,10-11,22-23H2,1-3H3,(H,38,42)/t31-/m0/s1. The largest absolute Gasteiger partial charge is 0.416 e. The number of hydrogen-bond donors (Lipinski definition) is 1. The van der Waals surface area contributed by atoms with Gasteiger partial charge in [-0.05, 0) is 69.0 Å². The molecule has 4 rings (SSSR count). The van der Waals surface area contributed by atoms with Crippen molar-refractivity contribution in [2.45, 2.75) is 89.0 Å². The van der Waals surface area contributed by atoms with Crippen molar-refractivity contribution >= 4 is 27.5 Å². The molecule has 0 heterocycles. The van der Waals surface area contributed by atoms with Crippen molar-refractivity contribution in [1.82, 2.24) is 10.2 Å². The Balaban J connectivity index is 1.75. The fourth-order valence-electron chi connectivity index (χ4n) is 5.56. The van der Waals surface area contributed by atoms with Gasteiger partial charge in [0.15, 0.2) is 0 Å². The van der Waals surface area contributed by atoms with Gasteiger partial charge in [-0.1, -0.05) is 79.8 Å². The molecule has 1 aliphatic rings. The van der Waals surface area contributed by atoms with E-state index in [-0.39, 0.29) is 35.5 Å². The minimum absolute atomic E-state index is 0.0106. The lowest BCUT2D eigenvalue weighted by molar-refractivity contribution is -0.140. The first kappa shape index (κ1) is 34.0. The van der Waals surface area contributed by atoms with Gasteiger partial charge in [-0.3, -0.25) is 13.9 Å². The minimum Gasteiger partial charge on any atom is -0.352 e. The van der Waals surface area contributed by atoms with Crippen LogP contribution < -0.4 is 9.62 Å². The highest BCUT2D eigenvalue weighted by Crippen LogP contribution is 2.33. The summed E-state index contributed by atoms with van der Waals surface area (Å²) in [5, 5.41) is 3.08. The molecule has 242 valence electrons. The molecular weight excluding hydrogens is 603 g/mol. The quantitative estimate of drug-likeness (QED) is 0.250. The first-order chi connectivity index (χ1) is 21.3. The average Bonchev–Trinajstić information content (AvgIpc) is 3.01. The van der Waals surface area contributed by atoms with E-state index in [1.54, 1.807) is 26.0 Å². The fourth-order valence-corrected chi connectivity index (χ4v) is 6.96. The van der Waals surface area contributed by atoms with E-state index in [2.05, 4.69) is 5.32 Å². The maximum Gasteiger partial charge on any atom is 0.416 e. The molecule has 0 aromatic heterocycles. The zero-order valence-electron chi connectivity index (χ0n) is 25.8. The number of aryl methyl sites for hydroxylation is 2. The smallest absolute Gasteiger partial charge is 0.352 e. The number of anilines is 1. The van der Waals surface area contributed by atoms with Crippen LogP contribution in [0.4, 0.5) is 18.9 Å². The fraction of sp³-hybridized carbons (Fsp3) is 0.412. The van der Waals surface area contributed by atoms with Crippen LogP contribution >= 0.6 is 0 Å². The molecule has 1 aliphatic carbocycles. The van der Waals surface area contributed by atoms with Crippen LogP contribution in [0.5, 0.6) is 0 Å². The summed E-state index contributed by atoms with van der Waals surface area (Å²) in [5.74, 6) is -1.05. The third kappa shape index (κ3) is 8.65. The Morgan fingerprint density at radius 1 is 0.911 bits per heavy atom. The van der Waals surface area contributed by atoms with Gasteiger partial charge in [0.2, 0.25) is 11.8 Å². The Kier molecular flexibility index (Phi) is 11.0. The summed E-state index contributed by atoms with van der Waals surface area (Å²) in [7, 11) is -4.50. The highest BCUT2D eigenvalue weighted by molar-refractivity contribution is 7.92. The number of carbonyl (C=O) groups excluding carboxylic acids is 2. The van der Waals surface area contributed by atoms with Gasteiger partial charge in [-0.2, -0.15) is 13.2 Å². The molecule has 0 saturated heterocycles. The van der Waals surface area contributed by atoms with Gasteiger partial charge < -0.3 is 10.2 Å². The van der Waals surface area contributed by atoms with Crippen LogP contribution in [0.2, 0.25) is 0 Å². The predicted octanol–water partition coefficient (Wildman–Crippen LogP) is 6.77. The Morgan fingerprint density at radius 3 is 2.09 bits per heavy atom. The molecule has 7 nitrogen and oxygen atoms in total. The molecule has 11 heteroatoms. The van der Waals surface area contributed by atoms with Gasteiger partial charge in [-0.25, -0.2) is 8.42 Å². The second-order valence-corrected chi connectivity index (χ2v) is 13.5. The number of alkyl halides is 3. The van der Waals surface area contributed by atoms with Crippen molar-refractivity contribution in [3.05, 3.63) is 95.1 Å². The van der Waals surface area contributed by atoms with Gasteiger partial charge in [0, 0.05) is 12.6 Å². The maximum absolute atomic E-state index is 14.2. The van der Waals surface area contributed by atoms with Crippen molar-refractivity contribution in [1.29, 1.82) is 0 Å². The maximum atomic E-state index is 14.2. The lowest BCUT2D eigenvalue weighted by atomic mass is 9.95. The topological polar surface area (TPSA) is 86.8 Å². The van der Waals surface area contributed by atoms with E-state index in [9.17, 15) is 31.2 Å². The second-order valence-electron chi connectivity index (χ2n) is 11.6. The molecule has 1 N–H and O–H groups in total. The summed E-state index contributed by atoms with van der Waals surface area (Å²) in [6.07, 6.45) is 0.291. The summed E-state index contributed by atoms with van der Waals surface area (Å²) < 4.78 is 69.8. The first-order valence-electron chi connectivity index (χ1n) is 15.2. The Morgan fingerprint density at radius 2 is 1.51 bits per heavy atom. The summed E-state index contributed by atoms with van der Waals surface area (Å²) in [4.78, 5) is 29.0. The Labute approximate surface area is 263 Å². The van der Waals surface area contributed by atoms with E-state index in [0.29, 0.717) is 4.31 Å². The van der Waals surface area contributed by atoms with Crippen molar-refractivity contribution in [3.8, 4) is 0 Å². The van der Waals surface area contributed by atoms with Gasteiger partial charge in [-0.15, -0.1) is 0 Å². The Hall–Kier alpha value is -3.86. The number of sulfonamides is 1. The third-order valence-electron chi connectivity index (χ3n) is 8.16. The molecule has 0 spiro atoms. The van der Waals surface area contributed by atoms with Crippen LogP contribution in [0.1, 0.15) is 67.7 Å². The Bertz CT molecular complexity index is 1570. The lowest BCUT2D eigenvalue weighted by Gasteiger charge is -2.34. The molecule has 2 amide bonds. The monoisotopic (exact) mass is 643 g/mol. The van der Waals surface area contributed by atoms with E-state index < -0.39 is 40.3 Å². The minimum atomic E-state index is -4.73. The van der Waals surface area contributed by atoms with E-state index in [4.69, 9.17) is 0 Å². The molecule has 1 saturated carbocycles. The van der Waals surface area contributed by atoms with Crippen LogP contribution in [0, 0.1) is 13.8 Å². The predicted molar refractivity (Wildman–Crippen MR) is 168 cm³/mol. The summed E-state index contributed by atoms with van der Waals surface area (Å²) in [6.45, 7) is 4.67. The van der Waals surface area contributed by atoms with E-state index >= 15 is 0 Å². The van der Waals surface area contributed by atoms with Crippen LogP contribution in [0.3, 0.4) is 0 Å². The van der Waals surface area contributed by atoms with Gasteiger partial charge in [0.05, 0.1) is 16.1 Å². The van der Waals surface area contributed by atoms with E-state index in [1.165, 1.54) is 23.1 Å². The normalized spacial score (nSPS) is 14.9. The van der Waals surface area contributed by atoms with Gasteiger partial charge >= 0.3 is 6.18 Å². The third-order valence-corrected chi connectivity index (χ3v) is 9.95. The molecule has 3 aromatic carbocycles. The summed E-state index contributed by atoms with van der Waals surface area (Å²) in [5.41, 5.74) is 1.15. The zero-order valence-corrected chi connectivity index (χ0v) is 26.6. The van der Waals surface area contributed by atoms with Crippen LogP contribution in [-0.4, -0.2) is 43.8 Å². The number of nitrogens with one attached hydrogen (secondary N) is 1. The zero-order chi connectivity index (χ0) is 32.8. The highest BCUT2D eigenvalue weighted by Gasteiger charge is 2.36. The average molecular weight is 644 g/mol. The highest BCUT2D eigenvalue weighted by atomic mass is 32.2. The summed E-state index contributed by atoms with van der Waals surface area (Å²) in [6, 6.07) is 16.2. The van der Waals surface area contributed by atoms with Crippen LogP contribution in [0.25, 0.3) is 0 Å². The molecule has 0 unspecified atom stereocenters. The van der Waals surface area contributed by atoms with Gasteiger partial charge in [0.1, 0.15) is 12.6 Å². The molecule has 45 heavy (non-hydrogen) atoms. The van der Waals surface area contributed by atoms with Crippen molar-refractivity contribution in [3.63, 3.8) is 0 Å². The molecule has 0 aliphatic heterocycles. The number of nitrogens with zero attached hydrogens (tertiary/aromatic N) is 2. The van der Waals surface area contributed by atoms with Crippen LogP contribution in [-0.2, 0) is 32.3 Å². The molecule has 0 radical (unpaired) electrons.